The van der Waals surface area contributed by atoms with E-state index in [1.807, 2.05) is 16.8 Å². The Hall–Kier alpha value is -1.24. The number of aromatic nitrogens is 2. The smallest absolute Gasteiger partial charge is 0.258 e. The third-order valence-electron chi connectivity index (χ3n) is 2.93. The third-order valence-corrected chi connectivity index (χ3v) is 3.61. The van der Waals surface area contributed by atoms with Gasteiger partial charge >= 0.3 is 0 Å². The molecule has 0 atom stereocenters. The Balaban J connectivity index is 2.02. The number of nitrogens with zero attached hydrogens (tertiary/aromatic N) is 3. The summed E-state index contributed by atoms with van der Waals surface area (Å²) in [6, 6.07) is 1.97. The molecule has 0 unspecified atom stereocenters. The molecule has 0 fully saturated rings. The summed E-state index contributed by atoms with van der Waals surface area (Å²) in [7, 11) is 0. The van der Waals surface area contributed by atoms with Crippen molar-refractivity contribution in [3.63, 3.8) is 0 Å². The van der Waals surface area contributed by atoms with Crippen LogP contribution in [0.15, 0.2) is 21.3 Å². The molecular formula is C15H23N3O2S. The first-order valence-electron chi connectivity index (χ1n) is 7.16. The quantitative estimate of drug-likeness (QED) is 0.852. The molecule has 0 spiro atoms. The zero-order valence-electron chi connectivity index (χ0n) is 12.9. The maximum Gasteiger partial charge on any atom is 0.258 e. The van der Waals surface area contributed by atoms with Crippen LogP contribution in [0.5, 0.6) is 0 Å². The van der Waals surface area contributed by atoms with E-state index < -0.39 is 0 Å². The lowest BCUT2D eigenvalue weighted by Gasteiger charge is -2.28. The summed E-state index contributed by atoms with van der Waals surface area (Å²) in [4.78, 5) is 6.72. The molecular weight excluding hydrogens is 286 g/mol. The van der Waals surface area contributed by atoms with Crippen LogP contribution in [0.4, 0.5) is 0 Å². The first kappa shape index (κ1) is 16.1. The average Bonchev–Trinajstić information content (AvgIpc) is 3.04. The number of hydrogen-bond acceptors (Lipinski definition) is 6. The number of thiophene rings is 1. The van der Waals surface area contributed by atoms with Crippen molar-refractivity contribution < 1.29 is 9.63 Å². The maximum atomic E-state index is 9.03. The molecule has 0 amide bonds. The molecule has 2 heterocycles. The molecule has 0 aliphatic carbocycles. The molecule has 2 aromatic heterocycles. The Bertz CT molecular complexity index is 531. The fraction of sp³-hybridized carbons (Fsp3) is 0.600. The zero-order valence-corrected chi connectivity index (χ0v) is 13.7. The standard InChI is InChI=1S/C15H23N3O2S/c1-15(2,3)11-18(6-4-7-19)9-13-16-14(20-17-13)12-5-8-21-10-12/h5,8,10,19H,4,6-7,9,11H2,1-3H3. The highest BCUT2D eigenvalue weighted by Crippen LogP contribution is 2.21. The highest BCUT2D eigenvalue weighted by molar-refractivity contribution is 7.08. The van der Waals surface area contributed by atoms with Crippen molar-refractivity contribution >= 4 is 11.3 Å². The van der Waals surface area contributed by atoms with Gasteiger partial charge in [0.15, 0.2) is 5.82 Å². The van der Waals surface area contributed by atoms with E-state index in [4.69, 9.17) is 9.63 Å². The first-order valence-corrected chi connectivity index (χ1v) is 8.10. The molecule has 0 saturated carbocycles. The van der Waals surface area contributed by atoms with Crippen LogP contribution in [0.3, 0.4) is 0 Å². The van der Waals surface area contributed by atoms with Crippen molar-refractivity contribution in [1.82, 2.24) is 15.0 Å². The lowest BCUT2D eigenvalue weighted by Crippen LogP contribution is -2.33. The lowest BCUT2D eigenvalue weighted by atomic mass is 9.96. The second-order valence-electron chi connectivity index (χ2n) is 6.38. The lowest BCUT2D eigenvalue weighted by molar-refractivity contribution is 0.161. The van der Waals surface area contributed by atoms with E-state index in [0.717, 1.165) is 25.1 Å². The fourth-order valence-electron chi connectivity index (χ4n) is 2.20. The van der Waals surface area contributed by atoms with Crippen LogP contribution >= 0.6 is 11.3 Å². The van der Waals surface area contributed by atoms with E-state index in [0.29, 0.717) is 18.3 Å². The number of aliphatic hydroxyl groups excluding tert-OH is 1. The minimum absolute atomic E-state index is 0.190. The highest BCUT2D eigenvalue weighted by Gasteiger charge is 2.19. The van der Waals surface area contributed by atoms with E-state index >= 15 is 0 Å². The molecule has 0 aromatic carbocycles. The van der Waals surface area contributed by atoms with Crippen LogP contribution in [0.2, 0.25) is 0 Å². The van der Waals surface area contributed by atoms with Crippen molar-refractivity contribution in [3.8, 4) is 11.5 Å². The number of hydrogen-bond donors (Lipinski definition) is 1. The van der Waals surface area contributed by atoms with E-state index in [2.05, 4.69) is 35.8 Å². The van der Waals surface area contributed by atoms with Gasteiger partial charge in [0.25, 0.3) is 5.89 Å². The second kappa shape index (κ2) is 7.15. The molecule has 0 aliphatic rings. The summed E-state index contributed by atoms with van der Waals surface area (Å²) < 4.78 is 5.31. The SMILES string of the molecule is CC(C)(C)CN(CCCO)Cc1noc(-c2ccsc2)n1. The Kier molecular flexibility index (Phi) is 5.50. The molecule has 6 heteroatoms. The van der Waals surface area contributed by atoms with E-state index in [-0.39, 0.29) is 12.0 Å². The second-order valence-corrected chi connectivity index (χ2v) is 7.16. The Morgan fingerprint density at radius 2 is 2.19 bits per heavy atom. The third kappa shape index (κ3) is 5.22. The molecule has 0 aliphatic heterocycles. The number of rotatable bonds is 7. The van der Waals surface area contributed by atoms with Crippen LogP contribution in [0, 0.1) is 5.41 Å². The van der Waals surface area contributed by atoms with Crippen LogP contribution < -0.4 is 0 Å². The van der Waals surface area contributed by atoms with Gasteiger partial charge in [0.2, 0.25) is 0 Å². The topological polar surface area (TPSA) is 62.4 Å². The van der Waals surface area contributed by atoms with Crippen molar-refractivity contribution in [3.05, 3.63) is 22.7 Å². The van der Waals surface area contributed by atoms with E-state index in [1.54, 1.807) is 11.3 Å². The molecule has 116 valence electrons. The van der Waals surface area contributed by atoms with Crippen molar-refractivity contribution in [2.24, 2.45) is 5.41 Å². The number of aliphatic hydroxyl groups is 1. The van der Waals surface area contributed by atoms with Gasteiger partial charge in [0.05, 0.1) is 12.1 Å². The van der Waals surface area contributed by atoms with Gasteiger partial charge < -0.3 is 9.63 Å². The predicted octanol–water partition coefficient (Wildman–Crippen LogP) is 3.03. The van der Waals surface area contributed by atoms with Gasteiger partial charge in [0.1, 0.15) is 0 Å². The minimum Gasteiger partial charge on any atom is -0.396 e. The van der Waals surface area contributed by atoms with Gasteiger partial charge in [-0.2, -0.15) is 16.3 Å². The van der Waals surface area contributed by atoms with Crippen LogP contribution in [0.1, 0.15) is 33.0 Å². The Morgan fingerprint density at radius 3 is 2.81 bits per heavy atom. The molecule has 1 N–H and O–H groups in total. The molecule has 0 saturated heterocycles. The highest BCUT2D eigenvalue weighted by atomic mass is 32.1. The zero-order chi connectivity index (χ0) is 15.3. The van der Waals surface area contributed by atoms with Gasteiger partial charge in [-0.15, -0.1) is 0 Å². The van der Waals surface area contributed by atoms with E-state index in [1.165, 1.54) is 0 Å². The molecule has 2 rings (SSSR count). The maximum absolute atomic E-state index is 9.03. The van der Waals surface area contributed by atoms with Gasteiger partial charge in [-0.1, -0.05) is 25.9 Å². The fourth-order valence-corrected chi connectivity index (χ4v) is 2.83. The molecule has 5 nitrogen and oxygen atoms in total. The summed E-state index contributed by atoms with van der Waals surface area (Å²) in [6.07, 6.45) is 0.755. The largest absolute Gasteiger partial charge is 0.396 e. The summed E-state index contributed by atoms with van der Waals surface area (Å²) in [5.74, 6) is 1.27. The van der Waals surface area contributed by atoms with Crippen LogP contribution in [0.25, 0.3) is 11.5 Å². The van der Waals surface area contributed by atoms with Crippen molar-refractivity contribution in [2.45, 2.75) is 33.7 Å². The summed E-state index contributed by atoms with van der Waals surface area (Å²) in [5, 5.41) is 17.1. The Labute approximate surface area is 129 Å². The molecule has 21 heavy (non-hydrogen) atoms. The van der Waals surface area contributed by atoms with Crippen molar-refractivity contribution in [1.29, 1.82) is 0 Å². The molecule has 0 radical (unpaired) electrons. The van der Waals surface area contributed by atoms with Crippen LogP contribution in [-0.4, -0.2) is 39.8 Å². The predicted molar refractivity (Wildman–Crippen MR) is 84.0 cm³/mol. The van der Waals surface area contributed by atoms with Gasteiger partial charge in [-0.05, 0) is 23.3 Å². The summed E-state index contributed by atoms with van der Waals surface area (Å²) in [5.41, 5.74) is 1.16. The van der Waals surface area contributed by atoms with Gasteiger partial charge in [-0.25, -0.2) is 0 Å². The average molecular weight is 309 g/mol. The normalized spacial score (nSPS) is 12.2. The molecule has 2 aromatic rings. The Morgan fingerprint density at radius 1 is 1.38 bits per heavy atom. The van der Waals surface area contributed by atoms with Crippen LogP contribution in [-0.2, 0) is 6.54 Å². The minimum atomic E-state index is 0.190. The molecule has 0 bridgehead atoms. The van der Waals surface area contributed by atoms with Gasteiger partial charge in [-0.3, -0.25) is 4.90 Å². The summed E-state index contributed by atoms with van der Waals surface area (Å²) >= 11 is 1.61. The monoisotopic (exact) mass is 309 g/mol. The summed E-state index contributed by atoms with van der Waals surface area (Å²) in [6.45, 7) is 9.20. The van der Waals surface area contributed by atoms with E-state index in [9.17, 15) is 0 Å². The van der Waals surface area contributed by atoms with Gasteiger partial charge in [0, 0.05) is 25.1 Å². The first-order chi connectivity index (χ1) is 9.98. The van der Waals surface area contributed by atoms with Crippen molar-refractivity contribution in [2.75, 3.05) is 19.7 Å².